The Morgan fingerprint density at radius 2 is 1.71 bits per heavy atom. The number of nitrogens with zero attached hydrogens (tertiary/aromatic N) is 4. The van der Waals surface area contributed by atoms with Crippen LogP contribution < -0.4 is 5.32 Å². The number of nitrogens with one attached hydrogen (secondary N) is 1. The molecule has 1 aromatic carbocycles. The monoisotopic (exact) mass is 477 g/mol. The molecule has 8 heteroatoms. The highest BCUT2D eigenvalue weighted by atomic mass is 16.6. The highest BCUT2D eigenvalue weighted by Crippen LogP contribution is 2.49. The third kappa shape index (κ3) is 6.29. The molecule has 1 aromatic heterocycles. The fraction of sp³-hybridized carbons (Fsp3) is 0.556. The van der Waals surface area contributed by atoms with E-state index in [0.29, 0.717) is 24.9 Å². The Morgan fingerprint density at radius 3 is 2.40 bits per heavy atom. The summed E-state index contributed by atoms with van der Waals surface area (Å²) in [6.07, 6.45) is 9.33. The Balaban J connectivity index is 0.959. The molecule has 2 aliphatic heterocycles. The molecule has 5 rings (SSSR count). The van der Waals surface area contributed by atoms with Crippen molar-refractivity contribution in [1.29, 1.82) is 0 Å². The molecule has 0 bridgehead atoms. The van der Waals surface area contributed by atoms with Gasteiger partial charge in [0.25, 0.3) is 0 Å². The Labute approximate surface area is 207 Å². The van der Waals surface area contributed by atoms with E-state index in [4.69, 9.17) is 4.74 Å². The lowest BCUT2D eigenvalue weighted by Gasteiger charge is -2.31. The van der Waals surface area contributed by atoms with Crippen molar-refractivity contribution in [2.24, 2.45) is 17.8 Å². The molecule has 2 saturated heterocycles. The highest BCUT2D eigenvalue weighted by molar-refractivity contribution is 5.79. The Morgan fingerprint density at radius 1 is 0.971 bits per heavy atom. The van der Waals surface area contributed by atoms with Crippen molar-refractivity contribution in [1.82, 2.24) is 19.8 Å². The molecule has 1 N–H and O–H groups in total. The van der Waals surface area contributed by atoms with Crippen molar-refractivity contribution >= 4 is 17.9 Å². The minimum absolute atomic E-state index is 0.162. The average Bonchev–Trinajstić information content (AvgIpc) is 3.63. The molecule has 0 radical (unpaired) electrons. The smallest absolute Gasteiger partial charge is 0.410 e. The van der Waals surface area contributed by atoms with Crippen LogP contribution in [0.5, 0.6) is 0 Å². The molecule has 2 aromatic rings. The normalized spacial score (nSPS) is 21.8. The lowest BCUT2D eigenvalue weighted by Crippen LogP contribution is -2.42. The van der Waals surface area contributed by atoms with Gasteiger partial charge in [0.05, 0.1) is 6.42 Å². The number of likely N-dealkylation sites (tertiary alicyclic amines) is 2. The number of ether oxygens (including phenoxy) is 1. The van der Waals surface area contributed by atoms with E-state index in [1.165, 1.54) is 6.42 Å². The van der Waals surface area contributed by atoms with Crippen LogP contribution in [0.1, 0.15) is 43.2 Å². The summed E-state index contributed by atoms with van der Waals surface area (Å²) in [5, 5.41) is 3.33. The molecule has 1 aliphatic carbocycles. The number of rotatable bonds is 9. The molecule has 8 nitrogen and oxygen atoms in total. The fourth-order valence-electron chi connectivity index (χ4n) is 5.26. The SMILES string of the molecule is O=C(Cc1cnc(NCC[C@@H]2C[C@@H]2C2CCN(C(=O)OCc3ccccc3)CC2)nc1)N1CCC1. The van der Waals surface area contributed by atoms with E-state index < -0.39 is 0 Å². The van der Waals surface area contributed by atoms with Gasteiger partial charge in [-0.25, -0.2) is 14.8 Å². The first-order chi connectivity index (χ1) is 17.2. The minimum Gasteiger partial charge on any atom is -0.445 e. The van der Waals surface area contributed by atoms with Gasteiger partial charge in [-0.05, 0) is 61.0 Å². The summed E-state index contributed by atoms with van der Waals surface area (Å²) in [6, 6.07) is 9.82. The summed E-state index contributed by atoms with van der Waals surface area (Å²) in [4.78, 5) is 36.9. The number of benzene rings is 1. The lowest BCUT2D eigenvalue weighted by atomic mass is 9.90. The van der Waals surface area contributed by atoms with Gasteiger partial charge in [-0.1, -0.05) is 30.3 Å². The maximum Gasteiger partial charge on any atom is 0.410 e. The molecule has 3 fully saturated rings. The van der Waals surface area contributed by atoms with E-state index in [9.17, 15) is 9.59 Å². The molecule has 186 valence electrons. The van der Waals surface area contributed by atoms with Crippen LogP contribution in [0.25, 0.3) is 0 Å². The average molecular weight is 478 g/mol. The summed E-state index contributed by atoms with van der Waals surface area (Å²) in [5.74, 6) is 3.02. The molecular weight excluding hydrogens is 442 g/mol. The van der Waals surface area contributed by atoms with Crippen LogP contribution in [-0.4, -0.2) is 64.5 Å². The van der Waals surface area contributed by atoms with E-state index in [-0.39, 0.29) is 12.0 Å². The van der Waals surface area contributed by atoms with Crippen molar-refractivity contribution in [2.45, 2.75) is 45.1 Å². The van der Waals surface area contributed by atoms with Crippen LogP contribution in [0, 0.1) is 17.8 Å². The summed E-state index contributed by atoms with van der Waals surface area (Å²) in [5.41, 5.74) is 1.88. The van der Waals surface area contributed by atoms with Crippen LogP contribution in [0.3, 0.4) is 0 Å². The summed E-state index contributed by atoms with van der Waals surface area (Å²) in [7, 11) is 0. The van der Waals surface area contributed by atoms with Gasteiger partial charge in [0.2, 0.25) is 11.9 Å². The molecule has 1 saturated carbocycles. The third-order valence-electron chi connectivity index (χ3n) is 7.65. The largest absolute Gasteiger partial charge is 0.445 e. The van der Waals surface area contributed by atoms with Gasteiger partial charge in [0, 0.05) is 45.1 Å². The highest BCUT2D eigenvalue weighted by Gasteiger charge is 2.43. The molecule has 2 atom stereocenters. The molecule has 0 spiro atoms. The van der Waals surface area contributed by atoms with E-state index in [0.717, 1.165) is 81.4 Å². The number of anilines is 1. The quantitative estimate of drug-likeness (QED) is 0.592. The summed E-state index contributed by atoms with van der Waals surface area (Å²) >= 11 is 0. The number of aromatic nitrogens is 2. The van der Waals surface area contributed by atoms with E-state index in [1.54, 1.807) is 12.4 Å². The second-order valence-electron chi connectivity index (χ2n) is 10.1. The van der Waals surface area contributed by atoms with Crippen molar-refractivity contribution in [3.63, 3.8) is 0 Å². The number of carbonyl (C=O) groups is 2. The van der Waals surface area contributed by atoms with E-state index in [2.05, 4.69) is 15.3 Å². The fourth-order valence-corrected chi connectivity index (χ4v) is 5.26. The van der Waals surface area contributed by atoms with Gasteiger partial charge < -0.3 is 19.9 Å². The zero-order chi connectivity index (χ0) is 24.0. The Kier molecular flexibility index (Phi) is 7.45. The van der Waals surface area contributed by atoms with Crippen molar-refractivity contribution < 1.29 is 14.3 Å². The molecule has 0 unspecified atom stereocenters. The van der Waals surface area contributed by atoms with E-state index in [1.807, 2.05) is 40.1 Å². The van der Waals surface area contributed by atoms with E-state index >= 15 is 0 Å². The number of hydrogen-bond donors (Lipinski definition) is 1. The maximum absolute atomic E-state index is 12.4. The van der Waals surface area contributed by atoms with Crippen molar-refractivity contribution in [3.8, 4) is 0 Å². The second-order valence-corrected chi connectivity index (χ2v) is 10.1. The zero-order valence-corrected chi connectivity index (χ0v) is 20.3. The minimum atomic E-state index is -0.195. The third-order valence-corrected chi connectivity index (χ3v) is 7.65. The van der Waals surface area contributed by atoms with Crippen LogP contribution >= 0.6 is 0 Å². The molecular formula is C27H35N5O3. The zero-order valence-electron chi connectivity index (χ0n) is 20.3. The van der Waals surface area contributed by atoms with Gasteiger partial charge in [0.1, 0.15) is 6.61 Å². The second kappa shape index (κ2) is 11.1. The van der Waals surface area contributed by atoms with Crippen molar-refractivity contribution in [2.75, 3.05) is 38.0 Å². The first kappa shape index (κ1) is 23.6. The van der Waals surface area contributed by atoms with Crippen LogP contribution in [0.15, 0.2) is 42.7 Å². The number of hydrogen-bond acceptors (Lipinski definition) is 6. The Hall–Kier alpha value is -3.16. The predicted molar refractivity (Wildman–Crippen MR) is 133 cm³/mol. The summed E-state index contributed by atoms with van der Waals surface area (Å²) in [6.45, 7) is 4.53. The van der Waals surface area contributed by atoms with Gasteiger partial charge >= 0.3 is 6.09 Å². The lowest BCUT2D eigenvalue weighted by molar-refractivity contribution is -0.133. The van der Waals surface area contributed by atoms with Gasteiger partial charge in [-0.15, -0.1) is 0 Å². The molecule has 3 heterocycles. The first-order valence-corrected chi connectivity index (χ1v) is 12.9. The molecule has 35 heavy (non-hydrogen) atoms. The van der Waals surface area contributed by atoms with Gasteiger partial charge in [-0.2, -0.15) is 0 Å². The Bertz CT molecular complexity index is 988. The van der Waals surface area contributed by atoms with Crippen LogP contribution in [0.2, 0.25) is 0 Å². The van der Waals surface area contributed by atoms with Crippen LogP contribution in [0.4, 0.5) is 10.7 Å². The van der Waals surface area contributed by atoms with Gasteiger partial charge in [0.15, 0.2) is 0 Å². The number of piperidine rings is 1. The van der Waals surface area contributed by atoms with Crippen LogP contribution in [-0.2, 0) is 22.6 Å². The maximum atomic E-state index is 12.4. The molecule has 2 amide bonds. The summed E-state index contributed by atoms with van der Waals surface area (Å²) < 4.78 is 5.49. The predicted octanol–water partition coefficient (Wildman–Crippen LogP) is 3.74. The first-order valence-electron chi connectivity index (χ1n) is 12.9. The standard InChI is InChI=1S/C27H35N5O3/c33-25(31-11-4-12-31)15-21-17-29-26(30-18-21)28-10-7-23-16-24(23)22-8-13-32(14-9-22)27(34)35-19-20-5-2-1-3-6-20/h1-3,5-6,17-18,22-24H,4,7-16,19H2,(H,28,29,30)/t23-,24-/m1/s1. The number of carbonyl (C=O) groups excluding carboxylic acids is 2. The number of amides is 2. The van der Waals surface area contributed by atoms with Crippen molar-refractivity contribution in [3.05, 3.63) is 53.9 Å². The molecule has 3 aliphatic rings. The van der Waals surface area contributed by atoms with Gasteiger partial charge in [-0.3, -0.25) is 4.79 Å². The topological polar surface area (TPSA) is 87.7 Å².